The molecule has 0 saturated heterocycles. The van der Waals surface area contributed by atoms with E-state index in [4.69, 9.17) is 11.6 Å². The van der Waals surface area contributed by atoms with Gasteiger partial charge in [-0.25, -0.2) is 8.42 Å². The topological polar surface area (TPSA) is 99.3 Å². The van der Waals surface area contributed by atoms with E-state index in [1.165, 1.54) is 0 Å². The molecule has 0 aliphatic heterocycles. The molecule has 2 aromatic carbocycles. The van der Waals surface area contributed by atoms with E-state index in [0.717, 1.165) is 17.6 Å². The minimum Gasteiger partial charge on any atom is -0.480 e. The third kappa shape index (κ3) is 4.55. The largest absolute Gasteiger partial charge is 0.480 e. The van der Waals surface area contributed by atoms with Crippen LogP contribution in [0.3, 0.4) is 0 Å². The number of benzene rings is 2. The number of aromatic nitrogens is 1. The fourth-order valence-corrected chi connectivity index (χ4v) is 4.28. The van der Waals surface area contributed by atoms with Crippen LogP contribution in [0.4, 0.5) is 13.2 Å². The molecular formula is C18H14ClF3N2O4S. The van der Waals surface area contributed by atoms with Crippen LogP contribution in [0, 0.1) is 0 Å². The standard InChI is InChI=1S/C18H14ClF3N2O4S/c19-14-6-5-11(8-13(14)18(20,21)22)29(27,28)24-16(17(25)26)7-10-9-23-15-4-2-1-3-12(10)15/h1-6,8-9,16,23-24H,7H2,(H,25,26)/t16-/m1/s1. The maximum absolute atomic E-state index is 13.0. The van der Waals surface area contributed by atoms with Crippen LogP contribution in [0.5, 0.6) is 0 Å². The zero-order chi connectivity index (χ0) is 21.4. The normalized spacial score (nSPS) is 13.5. The summed E-state index contributed by atoms with van der Waals surface area (Å²) in [4.78, 5) is 13.8. The second-order valence-electron chi connectivity index (χ2n) is 6.22. The van der Waals surface area contributed by atoms with Crippen molar-refractivity contribution in [2.24, 2.45) is 0 Å². The number of carboxylic acids is 1. The molecule has 6 nitrogen and oxygen atoms in total. The van der Waals surface area contributed by atoms with Gasteiger partial charge in [-0.05, 0) is 29.8 Å². The summed E-state index contributed by atoms with van der Waals surface area (Å²) >= 11 is 5.50. The number of alkyl halides is 3. The van der Waals surface area contributed by atoms with E-state index in [9.17, 15) is 31.5 Å². The number of halogens is 4. The molecule has 3 rings (SSSR count). The maximum atomic E-state index is 13.0. The van der Waals surface area contributed by atoms with Crippen LogP contribution >= 0.6 is 11.6 Å². The molecule has 3 N–H and O–H groups in total. The molecule has 154 valence electrons. The molecule has 0 fully saturated rings. The number of para-hydroxylation sites is 1. The first-order valence-electron chi connectivity index (χ1n) is 8.16. The highest BCUT2D eigenvalue weighted by Gasteiger charge is 2.35. The summed E-state index contributed by atoms with van der Waals surface area (Å²) in [7, 11) is -4.56. The van der Waals surface area contributed by atoms with Crippen LogP contribution in [0.2, 0.25) is 5.02 Å². The van der Waals surface area contributed by atoms with Gasteiger partial charge >= 0.3 is 12.1 Å². The highest BCUT2D eigenvalue weighted by atomic mass is 35.5. The van der Waals surface area contributed by atoms with E-state index < -0.39 is 43.7 Å². The number of sulfonamides is 1. The third-order valence-corrected chi connectivity index (χ3v) is 6.05. The second-order valence-corrected chi connectivity index (χ2v) is 8.34. The molecule has 0 saturated carbocycles. The summed E-state index contributed by atoms with van der Waals surface area (Å²) in [5.74, 6) is -1.47. The number of hydrogen-bond acceptors (Lipinski definition) is 3. The van der Waals surface area contributed by atoms with Gasteiger partial charge in [0.25, 0.3) is 0 Å². The third-order valence-electron chi connectivity index (χ3n) is 4.25. The van der Waals surface area contributed by atoms with E-state index in [0.29, 0.717) is 17.0 Å². The lowest BCUT2D eigenvalue weighted by molar-refractivity contribution is -0.139. The summed E-state index contributed by atoms with van der Waals surface area (Å²) in [5, 5.41) is 9.49. The second kappa shape index (κ2) is 7.69. The molecule has 1 heterocycles. The molecule has 1 aromatic heterocycles. The van der Waals surface area contributed by atoms with Crippen molar-refractivity contribution in [3.63, 3.8) is 0 Å². The summed E-state index contributed by atoms with van der Waals surface area (Å²) < 4.78 is 66.1. The Morgan fingerprint density at radius 2 is 1.90 bits per heavy atom. The molecule has 1 atom stereocenters. The van der Waals surface area contributed by atoms with Crippen LogP contribution < -0.4 is 4.72 Å². The number of carbonyl (C=O) groups is 1. The fraction of sp³-hybridized carbons (Fsp3) is 0.167. The highest BCUT2D eigenvalue weighted by Crippen LogP contribution is 2.36. The van der Waals surface area contributed by atoms with Crippen LogP contribution in [-0.4, -0.2) is 30.5 Å². The van der Waals surface area contributed by atoms with Crippen LogP contribution in [-0.2, 0) is 27.4 Å². The van der Waals surface area contributed by atoms with Gasteiger partial charge in [0.2, 0.25) is 10.0 Å². The molecule has 29 heavy (non-hydrogen) atoms. The van der Waals surface area contributed by atoms with Gasteiger partial charge in [-0.1, -0.05) is 29.8 Å². The monoisotopic (exact) mass is 446 g/mol. The Balaban J connectivity index is 1.91. The van der Waals surface area contributed by atoms with Gasteiger partial charge in [0.15, 0.2) is 0 Å². The summed E-state index contributed by atoms with van der Waals surface area (Å²) in [6.07, 6.45) is -3.52. The number of rotatable bonds is 6. The van der Waals surface area contributed by atoms with Crippen molar-refractivity contribution >= 4 is 38.5 Å². The van der Waals surface area contributed by atoms with E-state index in [-0.39, 0.29) is 6.42 Å². The predicted octanol–water partition coefficient (Wildman–Crippen LogP) is 3.81. The van der Waals surface area contributed by atoms with Crippen LogP contribution in [0.25, 0.3) is 10.9 Å². The summed E-state index contributed by atoms with van der Waals surface area (Å²) in [5.41, 5.74) is -0.0460. The van der Waals surface area contributed by atoms with Gasteiger partial charge in [-0.2, -0.15) is 17.9 Å². The molecule has 3 aromatic rings. The Morgan fingerprint density at radius 3 is 2.55 bits per heavy atom. The number of aliphatic carboxylic acids is 1. The van der Waals surface area contributed by atoms with E-state index in [2.05, 4.69) is 4.98 Å². The van der Waals surface area contributed by atoms with Gasteiger partial charge < -0.3 is 10.1 Å². The van der Waals surface area contributed by atoms with Crippen LogP contribution in [0.1, 0.15) is 11.1 Å². The number of fused-ring (bicyclic) bond motifs is 1. The lowest BCUT2D eigenvalue weighted by atomic mass is 10.1. The Kier molecular flexibility index (Phi) is 5.61. The average Bonchev–Trinajstić information content (AvgIpc) is 3.03. The smallest absolute Gasteiger partial charge is 0.417 e. The average molecular weight is 447 g/mol. The van der Waals surface area contributed by atoms with Crippen molar-refractivity contribution in [2.45, 2.75) is 23.5 Å². The Hall–Kier alpha value is -2.56. The van der Waals surface area contributed by atoms with E-state index >= 15 is 0 Å². The fourth-order valence-electron chi connectivity index (χ4n) is 2.84. The van der Waals surface area contributed by atoms with Gasteiger partial charge in [-0.3, -0.25) is 4.79 Å². The van der Waals surface area contributed by atoms with Crippen molar-refractivity contribution in [1.82, 2.24) is 9.71 Å². The predicted molar refractivity (Wildman–Crippen MR) is 100 cm³/mol. The lowest BCUT2D eigenvalue weighted by Crippen LogP contribution is -2.42. The molecule has 0 spiro atoms. The molecular weight excluding hydrogens is 433 g/mol. The molecule has 0 aliphatic rings. The first-order valence-corrected chi connectivity index (χ1v) is 10.0. The summed E-state index contributed by atoms with van der Waals surface area (Å²) in [6, 6.07) is 7.48. The highest BCUT2D eigenvalue weighted by molar-refractivity contribution is 7.89. The quantitative estimate of drug-likeness (QED) is 0.536. The van der Waals surface area contributed by atoms with Crippen molar-refractivity contribution < 1.29 is 31.5 Å². The van der Waals surface area contributed by atoms with E-state index in [1.54, 1.807) is 30.5 Å². The van der Waals surface area contributed by atoms with Gasteiger partial charge in [0.1, 0.15) is 6.04 Å². The van der Waals surface area contributed by atoms with Crippen LogP contribution in [0.15, 0.2) is 53.6 Å². The molecule has 0 bridgehead atoms. The molecule has 11 heteroatoms. The maximum Gasteiger partial charge on any atom is 0.417 e. The zero-order valence-corrected chi connectivity index (χ0v) is 16.1. The lowest BCUT2D eigenvalue weighted by Gasteiger charge is -2.16. The number of aromatic amines is 1. The van der Waals surface area contributed by atoms with Gasteiger partial charge in [0, 0.05) is 23.5 Å². The van der Waals surface area contributed by atoms with Crippen molar-refractivity contribution in [3.8, 4) is 0 Å². The first kappa shape index (κ1) is 21.2. The molecule has 0 amide bonds. The van der Waals surface area contributed by atoms with E-state index in [1.807, 2.05) is 4.72 Å². The zero-order valence-electron chi connectivity index (χ0n) is 14.5. The molecule has 0 unspecified atom stereocenters. The van der Waals surface area contributed by atoms with Crippen molar-refractivity contribution in [2.75, 3.05) is 0 Å². The van der Waals surface area contributed by atoms with Gasteiger partial charge in [0.05, 0.1) is 15.5 Å². The number of hydrogen-bond donors (Lipinski definition) is 3. The Morgan fingerprint density at radius 1 is 1.21 bits per heavy atom. The minimum atomic E-state index is -4.86. The first-order chi connectivity index (χ1) is 13.5. The minimum absolute atomic E-state index is 0.210. The van der Waals surface area contributed by atoms with Gasteiger partial charge in [-0.15, -0.1) is 0 Å². The number of H-pyrrole nitrogens is 1. The SMILES string of the molecule is O=C(O)[C@@H](Cc1c[nH]c2ccccc12)NS(=O)(=O)c1ccc(Cl)c(C(F)(F)F)c1. The molecule has 0 radical (unpaired) electrons. The van der Waals surface area contributed by atoms with Crippen molar-refractivity contribution in [1.29, 1.82) is 0 Å². The van der Waals surface area contributed by atoms with Crippen molar-refractivity contribution in [3.05, 3.63) is 64.8 Å². The summed E-state index contributed by atoms with van der Waals surface area (Å²) in [6.45, 7) is 0. The Labute approximate surface area is 168 Å². The number of nitrogens with one attached hydrogen (secondary N) is 2. The number of carboxylic acid groups (broad SMARTS) is 1. The Bertz CT molecular complexity index is 1180. The molecule has 0 aliphatic carbocycles.